The lowest BCUT2D eigenvalue weighted by atomic mass is 10.00. The van der Waals surface area contributed by atoms with E-state index in [-0.39, 0.29) is 11.7 Å². The molecule has 1 heterocycles. The van der Waals surface area contributed by atoms with Gasteiger partial charge in [0.15, 0.2) is 0 Å². The summed E-state index contributed by atoms with van der Waals surface area (Å²) < 4.78 is 5.45. The Hall–Kier alpha value is -0.730. The summed E-state index contributed by atoms with van der Waals surface area (Å²) in [7, 11) is 0. The van der Waals surface area contributed by atoms with Crippen LogP contribution < -0.4 is 0 Å². The van der Waals surface area contributed by atoms with Gasteiger partial charge in [0.2, 0.25) is 0 Å². The molecule has 0 aliphatic carbocycles. The molecule has 1 saturated heterocycles. The summed E-state index contributed by atoms with van der Waals surface area (Å²) in [6, 6.07) is 0. The van der Waals surface area contributed by atoms with Gasteiger partial charge in [0.25, 0.3) is 0 Å². The largest absolute Gasteiger partial charge is 0.443 e. The van der Waals surface area contributed by atoms with E-state index in [4.69, 9.17) is 4.74 Å². The van der Waals surface area contributed by atoms with E-state index in [1.165, 1.54) is 0 Å². The minimum Gasteiger partial charge on any atom is -0.443 e. The molecule has 1 amide bonds. The van der Waals surface area contributed by atoms with Crippen LogP contribution in [-0.2, 0) is 4.74 Å². The first-order valence-electron chi connectivity index (χ1n) is 5.92. The van der Waals surface area contributed by atoms with Crippen molar-refractivity contribution in [2.45, 2.75) is 52.6 Å². The van der Waals surface area contributed by atoms with Gasteiger partial charge in [-0.05, 0) is 39.0 Å². The van der Waals surface area contributed by atoms with Gasteiger partial charge in [-0.2, -0.15) is 0 Å². The maximum absolute atomic E-state index is 11.8. The molecule has 1 rings (SSSR count). The lowest BCUT2D eigenvalue weighted by Gasteiger charge is -2.33. The molecule has 0 bridgehead atoms. The Morgan fingerprint density at radius 3 is 2.40 bits per heavy atom. The van der Waals surface area contributed by atoms with Crippen LogP contribution in [0, 0.1) is 5.92 Å². The van der Waals surface area contributed by atoms with Crippen LogP contribution in [0.25, 0.3) is 0 Å². The van der Waals surface area contributed by atoms with Crippen LogP contribution in [0.5, 0.6) is 0 Å². The number of rotatable bonds is 2. The van der Waals surface area contributed by atoms with Crippen LogP contribution >= 0.6 is 0 Å². The molecule has 1 aliphatic rings. The number of carbonyl (C=O) groups is 1. The maximum atomic E-state index is 11.8. The molecular formula is C12H23NO2. The van der Waals surface area contributed by atoms with Gasteiger partial charge in [0, 0.05) is 13.1 Å². The van der Waals surface area contributed by atoms with Crippen molar-refractivity contribution in [3.05, 3.63) is 0 Å². The number of hydrogen-bond acceptors (Lipinski definition) is 2. The third kappa shape index (κ3) is 3.73. The Morgan fingerprint density at radius 2 is 1.93 bits per heavy atom. The molecule has 15 heavy (non-hydrogen) atoms. The molecular weight excluding hydrogens is 190 g/mol. The Labute approximate surface area is 92.8 Å². The SMILES string of the molecule is CCC(C)(C)OC(=O)N1CCC(C)CC1. The van der Waals surface area contributed by atoms with Gasteiger partial charge >= 0.3 is 6.09 Å². The second kappa shape index (κ2) is 4.86. The van der Waals surface area contributed by atoms with Crippen molar-refractivity contribution < 1.29 is 9.53 Å². The first-order chi connectivity index (χ1) is 6.94. The molecule has 1 fully saturated rings. The van der Waals surface area contributed by atoms with Crippen molar-refractivity contribution >= 4 is 6.09 Å². The van der Waals surface area contributed by atoms with E-state index in [0.717, 1.165) is 38.3 Å². The topological polar surface area (TPSA) is 29.5 Å². The second-order valence-electron chi connectivity index (χ2n) is 5.15. The summed E-state index contributed by atoms with van der Waals surface area (Å²) in [5, 5.41) is 0. The van der Waals surface area contributed by atoms with E-state index in [1.807, 2.05) is 25.7 Å². The Morgan fingerprint density at radius 1 is 1.40 bits per heavy atom. The Bertz CT molecular complexity index is 218. The molecule has 0 aromatic carbocycles. The van der Waals surface area contributed by atoms with Gasteiger partial charge in [-0.25, -0.2) is 4.79 Å². The van der Waals surface area contributed by atoms with Crippen LogP contribution in [0.3, 0.4) is 0 Å². The van der Waals surface area contributed by atoms with E-state index in [0.29, 0.717) is 0 Å². The maximum Gasteiger partial charge on any atom is 0.410 e. The van der Waals surface area contributed by atoms with Crippen molar-refractivity contribution in [3.63, 3.8) is 0 Å². The highest BCUT2D eigenvalue weighted by Crippen LogP contribution is 2.20. The summed E-state index contributed by atoms with van der Waals surface area (Å²) in [5.74, 6) is 0.744. The van der Waals surface area contributed by atoms with Crippen molar-refractivity contribution in [2.75, 3.05) is 13.1 Å². The van der Waals surface area contributed by atoms with Gasteiger partial charge in [0.1, 0.15) is 5.60 Å². The standard InChI is InChI=1S/C12H23NO2/c1-5-12(3,4)15-11(14)13-8-6-10(2)7-9-13/h10H,5-9H2,1-4H3. The number of piperidine rings is 1. The third-order valence-electron chi connectivity index (χ3n) is 3.26. The fourth-order valence-corrected chi connectivity index (χ4v) is 1.56. The summed E-state index contributed by atoms with van der Waals surface area (Å²) in [5.41, 5.74) is -0.333. The molecule has 0 N–H and O–H groups in total. The minimum atomic E-state index is -0.333. The molecule has 3 heteroatoms. The van der Waals surface area contributed by atoms with E-state index in [1.54, 1.807) is 0 Å². The first-order valence-corrected chi connectivity index (χ1v) is 5.92. The summed E-state index contributed by atoms with van der Waals surface area (Å²) in [6.45, 7) is 9.87. The molecule has 0 radical (unpaired) electrons. The molecule has 0 aromatic rings. The van der Waals surface area contributed by atoms with E-state index in [9.17, 15) is 4.79 Å². The third-order valence-corrected chi connectivity index (χ3v) is 3.26. The molecule has 0 atom stereocenters. The molecule has 88 valence electrons. The lowest BCUT2D eigenvalue weighted by Crippen LogP contribution is -2.41. The van der Waals surface area contributed by atoms with Crippen molar-refractivity contribution in [2.24, 2.45) is 5.92 Å². The van der Waals surface area contributed by atoms with E-state index >= 15 is 0 Å². The quantitative estimate of drug-likeness (QED) is 0.705. The zero-order valence-corrected chi connectivity index (χ0v) is 10.4. The predicted octanol–water partition coefficient (Wildman–Crippen LogP) is 3.04. The first kappa shape index (κ1) is 12.3. The molecule has 0 aromatic heterocycles. The average Bonchev–Trinajstić information content (AvgIpc) is 2.18. The zero-order chi connectivity index (χ0) is 11.5. The highest BCUT2D eigenvalue weighted by molar-refractivity contribution is 5.68. The monoisotopic (exact) mass is 213 g/mol. The smallest absolute Gasteiger partial charge is 0.410 e. The number of hydrogen-bond donors (Lipinski definition) is 0. The minimum absolute atomic E-state index is 0.145. The van der Waals surface area contributed by atoms with Gasteiger partial charge in [-0.15, -0.1) is 0 Å². The summed E-state index contributed by atoms with van der Waals surface area (Å²) in [6.07, 6.45) is 2.90. The molecule has 0 unspecified atom stereocenters. The van der Waals surface area contributed by atoms with E-state index in [2.05, 4.69) is 6.92 Å². The number of ether oxygens (including phenoxy) is 1. The second-order valence-corrected chi connectivity index (χ2v) is 5.15. The van der Waals surface area contributed by atoms with Crippen LogP contribution in [0.2, 0.25) is 0 Å². The fraction of sp³-hybridized carbons (Fsp3) is 0.917. The van der Waals surface area contributed by atoms with E-state index < -0.39 is 0 Å². The summed E-state index contributed by atoms with van der Waals surface area (Å²) in [4.78, 5) is 13.6. The molecule has 0 saturated carbocycles. The number of nitrogens with zero attached hydrogens (tertiary/aromatic N) is 1. The fourth-order valence-electron chi connectivity index (χ4n) is 1.56. The normalized spacial score (nSPS) is 19.1. The van der Waals surface area contributed by atoms with Gasteiger partial charge in [-0.1, -0.05) is 13.8 Å². The predicted molar refractivity (Wildman–Crippen MR) is 60.8 cm³/mol. The van der Waals surface area contributed by atoms with Crippen molar-refractivity contribution in [1.29, 1.82) is 0 Å². The molecule has 0 spiro atoms. The zero-order valence-electron chi connectivity index (χ0n) is 10.4. The van der Waals surface area contributed by atoms with Gasteiger partial charge in [-0.3, -0.25) is 0 Å². The molecule has 1 aliphatic heterocycles. The Kier molecular flexibility index (Phi) is 4.00. The van der Waals surface area contributed by atoms with Crippen LogP contribution in [0.15, 0.2) is 0 Å². The molecule has 3 nitrogen and oxygen atoms in total. The Balaban J connectivity index is 2.41. The van der Waals surface area contributed by atoms with Crippen LogP contribution in [-0.4, -0.2) is 29.7 Å². The highest BCUT2D eigenvalue weighted by atomic mass is 16.6. The number of likely N-dealkylation sites (tertiary alicyclic amines) is 1. The van der Waals surface area contributed by atoms with Crippen molar-refractivity contribution in [1.82, 2.24) is 4.90 Å². The lowest BCUT2D eigenvalue weighted by molar-refractivity contribution is 0.00625. The van der Waals surface area contributed by atoms with Crippen LogP contribution in [0.4, 0.5) is 4.79 Å². The highest BCUT2D eigenvalue weighted by Gasteiger charge is 2.26. The average molecular weight is 213 g/mol. The van der Waals surface area contributed by atoms with Crippen molar-refractivity contribution in [3.8, 4) is 0 Å². The number of amides is 1. The van der Waals surface area contributed by atoms with Gasteiger partial charge < -0.3 is 9.64 Å². The summed E-state index contributed by atoms with van der Waals surface area (Å²) >= 11 is 0. The van der Waals surface area contributed by atoms with Gasteiger partial charge in [0.05, 0.1) is 0 Å². The van der Waals surface area contributed by atoms with Crippen LogP contribution in [0.1, 0.15) is 47.0 Å². The number of carbonyl (C=O) groups excluding carboxylic acids is 1.